The number of benzene rings is 1. The molecule has 0 spiro atoms. The highest BCUT2D eigenvalue weighted by Gasteiger charge is 2.28. The SMILES string of the molecule is CCN1[C@@H](CSc2ccccc2)CC[C@@H]1C. The highest BCUT2D eigenvalue weighted by molar-refractivity contribution is 7.99. The predicted octanol–water partition coefficient (Wildman–Crippen LogP) is 3.65. The zero-order valence-electron chi connectivity index (χ0n) is 10.2. The van der Waals surface area contributed by atoms with Gasteiger partial charge in [0.2, 0.25) is 0 Å². The van der Waals surface area contributed by atoms with E-state index in [0.717, 1.165) is 12.1 Å². The lowest BCUT2D eigenvalue weighted by Gasteiger charge is -2.26. The third-order valence-corrected chi connectivity index (χ3v) is 4.66. The molecule has 0 amide bonds. The maximum Gasteiger partial charge on any atom is 0.0193 e. The van der Waals surface area contributed by atoms with Crippen LogP contribution < -0.4 is 0 Å². The first-order chi connectivity index (χ1) is 7.81. The average molecular weight is 235 g/mol. The zero-order chi connectivity index (χ0) is 11.4. The molecule has 0 bridgehead atoms. The van der Waals surface area contributed by atoms with Gasteiger partial charge < -0.3 is 0 Å². The number of likely N-dealkylation sites (tertiary alicyclic amines) is 1. The molecular weight excluding hydrogens is 214 g/mol. The average Bonchev–Trinajstić information content (AvgIpc) is 2.68. The molecular formula is C14H21NS. The molecule has 2 heteroatoms. The fraction of sp³-hybridized carbons (Fsp3) is 0.571. The van der Waals surface area contributed by atoms with Gasteiger partial charge in [-0.05, 0) is 38.4 Å². The van der Waals surface area contributed by atoms with Crippen LogP contribution in [0.4, 0.5) is 0 Å². The summed E-state index contributed by atoms with van der Waals surface area (Å²) in [5, 5.41) is 0. The number of nitrogens with zero attached hydrogens (tertiary/aromatic N) is 1. The highest BCUT2D eigenvalue weighted by atomic mass is 32.2. The fourth-order valence-corrected chi connectivity index (χ4v) is 3.68. The molecule has 0 aromatic heterocycles. The molecule has 1 saturated heterocycles. The van der Waals surface area contributed by atoms with Crippen LogP contribution in [0, 0.1) is 0 Å². The van der Waals surface area contributed by atoms with Gasteiger partial charge in [0.05, 0.1) is 0 Å². The van der Waals surface area contributed by atoms with Crippen molar-refractivity contribution in [1.82, 2.24) is 4.90 Å². The molecule has 2 atom stereocenters. The fourth-order valence-electron chi connectivity index (χ4n) is 2.58. The second-order valence-electron chi connectivity index (χ2n) is 4.53. The lowest BCUT2D eigenvalue weighted by Crippen LogP contribution is -2.35. The van der Waals surface area contributed by atoms with Crippen molar-refractivity contribution in [2.24, 2.45) is 0 Å². The van der Waals surface area contributed by atoms with Crippen molar-refractivity contribution in [2.45, 2.75) is 43.7 Å². The van der Waals surface area contributed by atoms with Crippen LogP contribution in [0.1, 0.15) is 26.7 Å². The minimum atomic E-state index is 0.783. The molecule has 1 aliphatic heterocycles. The van der Waals surface area contributed by atoms with Crippen molar-refractivity contribution in [1.29, 1.82) is 0 Å². The van der Waals surface area contributed by atoms with E-state index in [0.29, 0.717) is 0 Å². The van der Waals surface area contributed by atoms with Crippen molar-refractivity contribution in [3.05, 3.63) is 30.3 Å². The minimum Gasteiger partial charge on any atom is -0.297 e. The summed E-state index contributed by atoms with van der Waals surface area (Å²) in [7, 11) is 0. The van der Waals surface area contributed by atoms with E-state index in [9.17, 15) is 0 Å². The van der Waals surface area contributed by atoms with Gasteiger partial charge in [-0.2, -0.15) is 0 Å². The monoisotopic (exact) mass is 235 g/mol. The van der Waals surface area contributed by atoms with Gasteiger partial charge in [-0.1, -0.05) is 25.1 Å². The Balaban J connectivity index is 1.86. The van der Waals surface area contributed by atoms with Crippen LogP contribution in [-0.2, 0) is 0 Å². The topological polar surface area (TPSA) is 3.24 Å². The molecule has 2 rings (SSSR count). The lowest BCUT2D eigenvalue weighted by molar-refractivity contribution is 0.229. The quantitative estimate of drug-likeness (QED) is 0.733. The standard InChI is InChI=1S/C14H21NS/c1-3-15-12(2)9-10-13(15)11-16-14-7-5-4-6-8-14/h4-8,12-13H,3,9-11H2,1-2H3/t12-,13+/m0/s1. The second kappa shape index (κ2) is 5.74. The van der Waals surface area contributed by atoms with E-state index in [1.54, 1.807) is 0 Å². The number of hydrogen-bond acceptors (Lipinski definition) is 2. The van der Waals surface area contributed by atoms with Crippen LogP contribution in [0.5, 0.6) is 0 Å². The Bertz CT molecular complexity index is 312. The van der Waals surface area contributed by atoms with Crippen molar-refractivity contribution >= 4 is 11.8 Å². The first-order valence-corrected chi connectivity index (χ1v) is 7.23. The molecule has 1 aromatic carbocycles. The van der Waals surface area contributed by atoms with Crippen molar-refractivity contribution < 1.29 is 0 Å². The van der Waals surface area contributed by atoms with E-state index in [-0.39, 0.29) is 0 Å². The zero-order valence-corrected chi connectivity index (χ0v) is 11.0. The first-order valence-electron chi connectivity index (χ1n) is 6.25. The summed E-state index contributed by atoms with van der Waals surface area (Å²) in [5.41, 5.74) is 0. The van der Waals surface area contributed by atoms with Gasteiger partial charge in [-0.15, -0.1) is 11.8 Å². The molecule has 1 nitrogen and oxygen atoms in total. The summed E-state index contributed by atoms with van der Waals surface area (Å²) >= 11 is 2.00. The molecule has 0 unspecified atom stereocenters. The molecule has 88 valence electrons. The summed E-state index contributed by atoms with van der Waals surface area (Å²) in [6, 6.07) is 12.3. The normalized spacial score (nSPS) is 26.1. The largest absolute Gasteiger partial charge is 0.297 e. The Morgan fingerprint density at radius 2 is 2.00 bits per heavy atom. The summed E-state index contributed by atoms with van der Waals surface area (Å²) in [6.45, 7) is 5.83. The smallest absolute Gasteiger partial charge is 0.0193 e. The molecule has 0 radical (unpaired) electrons. The van der Waals surface area contributed by atoms with Crippen LogP contribution in [-0.4, -0.2) is 29.3 Å². The van der Waals surface area contributed by atoms with Gasteiger partial charge in [0.15, 0.2) is 0 Å². The van der Waals surface area contributed by atoms with Gasteiger partial charge in [0.1, 0.15) is 0 Å². The Hall–Kier alpha value is -0.470. The van der Waals surface area contributed by atoms with Crippen LogP contribution >= 0.6 is 11.8 Å². The Kier molecular flexibility index (Phi) is 4.30. The first kappa shape index (κ1) is 12.0. The molecule has 1 aliphatic rings. The predicted molar refractivity (Wildman–Crippen MR) is 72.0 cm³/mol. The van der Waals surface area contributed by atoms with E-state index >= 15 is 0 Å². The second-order valence-corrected chi connectivity index (χ2v) is 5.63. The summed E-state index contributed by atoms with van der Waals surface area (Å²) in [6.07, 6.45) is 2.74. The summed E-state index contributed by atoms with van der Waals surface area (Å²) in [5.74, 6) is 1.24. The van der Waals surface area contributed by atoms with Gasteiger partial charge in [-0.3, -0.25) is 4.90 Å². The van der Waals surface area contributed by atoms with Crippen molar-refractivity contribution in [3.63, 3.8) is 0 Å². The third-order valence-electron chi connectivity index (χ3n) is 3.50. The van der Waals surface area contributed by atoms with Gasteiger partial charge in [0, 0.05) is 22.7 Å². The molecule has 0 aliphatic carbocycles. The van der Waals surface area contributed by atoms with E-state index in [1.807, 2.05) is 11.8 Å². The van der Waals surface area contributed by atoms with E-state index < -0.39 is 0 Å². The lowest BCUT2D eigenvalue weighted by atomic mass is 10.2. The summed E-state index contributed by atoms with van der Waals surface area (Å²) in [4.78, 5) is 4.05. The number of hydrogen-bond donors (Lipinski definition) is 0. The molecule has 1 fully saturated rings. The minimum absolute atomic E-state index is 0.783. The maximum absolute atomic E-state index is 2.65. The molecule has 16 heavy (non-hydrogen) atoms. The summed E-state index contributed by atoms with van der Waals surface area (Å²) < 4.78 is 0. The molecule has 0 N–H and O–H groups in total. The van der Waals surface area contributed by atoms with E-state index in [1.165, 1.54) is 30.0 Å². The molecule has 0 saturated carbocycles. The molecule has 1 heterocycles. The Morgan fingerprint density at radius 3 is 2.69 bits per heavy atom. The van der Waals surface area contributed by atoms with E-state index in [2.05, 4.69) is 49.1 Å². The van der Waals surface area contributed by atoms with Crippen LogP contribution in [0.25, 0.3) is 0 Å². The Morgan fingerprint density at radius 1 is 1.25 bits per heavy atom. The Labute approximate surface area is 103 Å². The van der Waals surface area contributed by atoms with E-state index in [4.69, 9.17) is 0 Å². The number of thioether (sulfide) groups is 1. The van der Waals surface area contributed by atoms with Crippen LogP contribution in [0.3, 0.4) is 0 Å². The number of rotatable bonds is 4. The van der Waals surface area contributed by atoms with Gasteiger partial charge >= 0.3 is 0 Å². The highest BCUT2D eigenvalue weighted by Crippen LogP contribution is 2.28. The third kappa shape index (κ3) is 2.80. The molecule has 1 aromatic rings. The van der Waals surface area contributed by atoms with Crippen LogP contribution in [0.2, 0.25) is 0 Å². The van der Waals surface area contributed by atoms with Gasteiger partial charge in [0.25, 0.3) is 0 Å². The van der Waals surface area contributed by atoms with Crippen molar-refractivity contribution in [2.75, 3.05) is 12.3 Å². The van der Waals surface area contributed by atoms with Crippen molar-refractivity contribution in [3.8, 4) is 0 Å². The van der Waals surface area contributed by atoms with Crippen LogP contribution in [0.15, 0.2) is 35.2 Å². The maximum atomic E-state index is 2.65. The van der Waals surface area contributed by atoms with Gasteiger partial charge in [-0.25, -0.2) is 0 Å².